The molecule has 0 aromatic heterocycles. The van der Waals surface area contributed by atoms with Crippen molar-refractivity contribution in [1.82, 2.24) is 0 Å². The Morgan fingerprint density at radius 1 is 0.554 bits per heavy atom. The molecule has 0 saturated heterocycles. The Morgan fingerprint density at radius 3 is 1.23 bits per heavy atom. The van der Waals surface area contributed by atoms with Crippen LogP contribution in [0.25, 0.3) is 22.3 Å². The summed E-state index contributed by atoms with van der Waals surface area (Å²) in [6.45, 7) is -0.631. The minimum Gasteiger partial charge on any atom is -0.872 e. The van der Waals surface area contributed by atoms with Crippen LogP contribution < -0.4 is 15.6 Å². The number of hydrogen-bond acceptors (Lipinski definition) is 11. The number of primary amides is 1. The van der Waals surface area contributed by atoms with Crippen molar-refractivity contribution < 1.29 is 50.8 Å². The van der Waals surface area contributed by atoms with E-state index in [9.17, 15) is 46.1 Å². The Hall–Kier alpha value is -6.19. The molecule has 6 aromatic carbocycles. The quantitative estimate of drug-likeness (QED) is 0.185. The number of fused-ring (bicyclic) bond motifs is 8. The summed E-state index contributed by atoms with van der Waals surface area (Å²) in [4.78, 5) is 10.7. The molecular weight excluding hydrogens is 759 g/mol. The maximum atomic E-state index is 14.2. The predicted molar refractivity (Wildman–Crippen MR) is 201 cm³/mol. The number of benzene rings is 6. The first-order valence-electron chi connectivity index (χ1n) is 17.2. The molecule has 56 heavy (non-hydrogen) atoms. The molecule has 0 unspecified atom stereocenters. The normalized spacial score (nSPS) is 12.9. The third-order valence-corrected chi connectivity index (χ3v) is 11.3. The molecule has 0 fully saturated rings. The number of rotatable bonds is 7. The maximum absolute atomic E-state index is 14.2. The van der Waals surface area contributed by atoms with Crippen molar-refractivity contribution in [2.45, 2.75) is 35.5 Å². The van der Waals surface area contributed by atoms with Crippen LogP contribution in [0.5, 0.6) is 23.0 Å². The van der Waals surface area contributed by atoms with Gasteiger partial charge < -0.3 is 34.9 Å². The van der Waals surface area contributed by atoms with E-state index in [-0.39, 0.29) is 75.9 Å². The molecule has 1 aliphatic rings. The van der Waals surface area contributed by atoms with Gasteiger partial charge in [0.15, 0.2) is 6.61 Å². The van der Waals surface area contributed by atoms with Gasteiger partial charge in [0.05, 0.1) is 9.79 Å². The maximum Gasteiger partial charge on any atom is 0.255 e. The molecule has 0 saturated carbocycles. The highest BCUT2D eigenvalue weighted by atomic mass is 32.2. The number of carbonyl (C=O) groups excluding carboxylic acids is 1. The summed E-state index contributed by atoms with van der Waals surface area (Å²) in [5, 5.41) is 37.8. The van der Waals surface area contributed by atoms with Gasteiger partial charge in [0.1, 0.15) is 37.5 Å². The average Bonchev–Trinajstić information content (AvgIpc) is 3.15. The largest absolute Gasteiger partial charge is 0.872 e. The van der Waals surface area contributed by atoms with Crippen LogP contribution in [0.1, 0.15) is 44.5 Å². The van der Waals surface area contributed by atoms with Gasteiger partial charge in [-0.2, -0.15) is 0 Å². The monoisotopic (exact) mass is 790 g/mol. The van der Waals surface area contributed by atoms with Crippen LogP contribution in [0.3, 0.4) is 0 Å². The van der Waals surface area contributed by atoms with E-state index in [1.165, 1.54) is 0 Å². The van der Waals surface area contributed by atoms with Gasteiger partial charge in [-0.15, -0.1) is 5.75 Å². The van der Waals surface area contributed by atoms with Gasteiger partial charge in [-0.3, -0.25) is 4.79 Å². The molecule has 0 aliphatic heterocycles. The molecule has 0 heterocycles. The van der Waals surface area contributed by atoms with Crippen LogP contribution in [0.15, 0.2) is 119 Å². The number of amides is 1. The molecule has 1 aliphatic carbocycles. The first-order chi connectivity index (χ1) is 26.5. The molecule has 0 radical (unpaired) electrons. The molecule has 1 amide bonds. The van der Waals surface area contributed by atoms with E-state index in [0.717, 1.165) is 24.3 Å². The Kier molecular flexibility index (Phi) is 10.1. The van der Waals surface area contributed by atoms with E-state index in [2.05, 4.69) is 0 Å². The molecule has 12 nitrogen and oxygen atoms in total. The smallest absolute Gasteiger partial charge is 0.255 e. The summed E-state index contributed by atoms with van der Waals surface area (Å²) >= 11 is 0. The third kappa shape index (κ3) is 7.95. The highest BCUT2D eigenvalue weighted by Crippen LogP contribution is 2.41. The molecule has 8 bridgehead atoms. The van der Waals surface area contributed by atoms with Gasteiger partial charge in [-0.05, 0) is 92.0 Å². The molecule has 7 rings (SSSR count). The van der Waals surface area contributed by atoms with Gasteiger partial charge in [-0.1, -0.05) is 83.9 Å². The van der Waals surface area contributed by atoms with Crippen molar-refractivity contribution in [2.24, 2.45) is 5.73 Å². The van der Waals surface area contributed by atoms with Crippen molar-refractivity contribution in [3.05, 3.63) is 154 Å². The number of phenolic OH excluding ortho intramolecular Hbond substituents is 2. The lowest BCUT2D eigenvalue weighted by atomic mass is 9.88. The first-order valence-corrected chi connectivity index (χ1v) is 20.0. The SMILES string of the molecule is NC(=O)COc1c2cc(-c3ccccc3)cc1Cc1cc(S(=O)(=O)[O-])cc(c1O)Cc1cc(-c3ccccc3)cc(c1[O-])Cc1cc(S(=O)(=O)[O-])cc(c1O)C2. The van der Waals surface area contributed by atoms with Crippen LogP contribution in [0, 0.1) is 0 Å². The zero-order valence-corrected chi connectivity index (χ0v) is 31.0. The second kappa shape index (κ2) is 14.8. The highest BCUT2D eigenvalue weighted by molar-refractivity contribution is 7.86. The second-order valence-corrected chi connectivity index (χ2v) is 16.3. The molecule has 6 aromatic rings. The third-order valence-electron chi connectivity index (χ3n) is 9.64. The Morgan fingerprint density at radius 2 is 0.893 bits per heavy atom. The lowest BCUT2D eigenvalue weighted by Gasteiger charge is -2.25. The second-order valence-electron chi connectivity index (χ2n) is 13.5. The molecular formula is C42H32NO11S2-3. The van der Waals surface area contributed by atoms with Crippen molar-refractivity contribution in [3.63, 3.8) is 0 Å². The topological polar surface area (TPSA) is 230 Å². The molecule has 14 heteroatoms. The highest BCUT2D eigenvalue weighted by Gasteiger charge is 2.23. The molecule has 4 N–H and O–H groups in total. The summed E-state index contributed by atoms with van der Waals surface area (Å²) in [5.41, 5.74) is 8.52. The molecule has 0 spiro atoms. The molecule has 0 atom stereocenters. The standard InChI is InChI=1S/C42H35NO11S2/c43-38(44)23-54-42-34-13-27(25-9-5-2-6-10-25)14-35(42)18-33-22-37(56(51,52)53)20-31(41(33)47)16-29-12-26(24-7-3-1-4-8-24)11-28(39(29)45)15-30-19-36(55(48,49)50)21-32(17-34)40(30)46/h1-14,19-22,45-47H,15-18,23H2,(H2,43,44)(H,48,49,50)(H,51,52,53)/p-3. The van der Waals surface area contributed by atoms with Crippen LogP contribution >= 0.6 is 0 Å². The summed E-state index contributed by atoms with van der Waals surface area (Å²) in [6, 6.07) is 28.5. The number of ether oxygens (including phenoxy) is 1. The number of carbonyl (C=O) groups is 1. The van der Waals surface area contributed by atoms with Crippen molar-refractivity contribution in [1.29, 1.82) is 0 Å². The van der Waals surface area contributed by atoms with E-state index in [4.69, 9.17) is 10.5 Å². The summed E-state index contributed by atoms with van der Waals surface area (Å²) in [7, 11) is -10.2. The Labute approximate surface area is 322 Å². The summed E-state index contributed by atoms with van der Waals surface area (Å²) in [6.07, 6.45) is -1.26. The Balaban J connectivity index is 1.57. The number of aromatic hydroxyl groups is 2. The summed E-state index contributed by atoms with van der Waals surface area (Å²) in [5.74, 6) is -2.17. The van der Waals surface area contributed by atoms with Gasteiger partial charge >= 0.3 is 0 Å². The van der Waals surface area contributed by atoms with Crippen LogP contribution in [-0.2, 0) is 50.7 Å². The van der Waals surface area contributed by atoms with E-state index in [1.807, 2.05) is 0 Å². The fraction of sp³-hybridized carbons (Fsp3) is 0.119. The van der Waals surface area contributed by atoms with Gasteiger partial charge in [0.25, 0.3) is 5.91 Å². The zero-order chi connectivity index (χ0) is 39.9. The number of nitrogens with two attached hydrogens (primary N) is 1. The van der Waals surface area contributed by atoms with E-state index in [1.54, 1.807) is 84.9 Å². The first kappa shape index (κ1) is 38.1. The van der Waals surface area contributed by atoms with Gasteiger partial charge in [0.2, 0.25) is 0 Å². The van der Waals surface area contributed by atoms with Crippen molar-refractivity contribution in [3.8, 4) is 45.3 Å². The van der Waals surface area contributed by atoms with Gasteiger partial charge in [0, 0.05) is 25.7 Å². The zero-order valence-electron chi connectivity index (χ0n) is 29.4. The number of phenols is 2. The lowest BCUT2D eigenvalue weighted by molar-refractivity contribution is -0.270. The fourth-order valence-corrected chi connectivity index (χ4v) is 8.21. The minimum atomic E-state index is -5.10. The van der Waals surface area contributed by atoms with E-state index in [0.29, 0.717) is 22.3 Å². The summed E-state index contributed by atoms with van der Waals surface area (Å²) < 4.78 is 81.2. The van der Waals surface area contributed by atoms with E-state index < -0.39 is 59.8 Å². The Bertz CT molecular complexity index is 2620. The minimum absolute atomic E-state index is 0.0272. The van der Waals surface area contributed by atoms with Crippen molar-refractivity contribution >= 4 is 26.1 Å². The fourth-order valence-electron chi connectivity index (χ4n) is 7.06. The van der Waals surface area contributed by atoms with Crippen LogP contribution in [0.4, 0.5) is 0 Å². The van der Waals surface area contributed by atoms with E-state index >= 15 is 0 Å². The average molecular weight is 791 g/mol. The lowest BCUT2D eigenvalue weighted by Crippen LogP contribution is -2.21. The molecule has 286 valence electrons. The van der Waals surface area contributed by atoms with Crippen LogP contribution in [0.2, 0.25) is 0 Å². The van der Waals surface area contributed by atoms with Gasteiger partial charge in [-0.25, -0.2) is 16.8 Å². The number of hydrogen-bond donors (Lipinski definition) is 3. The van der Waals surface area contributed by atoms with Crippen LogP contribution in [-0.4, -0.2) is 48.7 Å². The van der Waals surface area contributed by atoms with Crippen molar-refractivity contribution in [2.75, 3.05) is 6.61 Å². The predicted octanol–water partition coefficient (Wildman–Crippen LogP) is 4.85.